The highest BCUT2D eigenvalue weighted by Crippen LogP contribution is 2.37. The zero-order valence-corrected chi connectivity index (χ0v) is 13.5. The van der Waals surface area contributed by atoms with Crippen LogP contribution in [-0.4, -0.2) is 23.7 Å². The number of phenols is 1. The summed E-state index contributed by atoms with van der Waals surface area (Å²) < 4.78 is 5.89. The third kappa shape index (κ3) is 3.16. The van der Waals surface area contributed by atoms with E-state index in [4.69, 9.17) is 4.74 Å². The van der Waals surface area contributed by atoms with Gasteiger partial charge >= 0.3 is 0 Å². The second kappa shape index (κ2) is 6.32. The van der Waals surface area contributed by atoms with Gasteiger partial charge in [0.15, 0.2) is 6.10 Å². The fraction of sp³-hybridized carbons (Fsp3) is 0.316. The van der Waals surface area contributed by atoms with Crippen LogP contribution < -0.4 is 9.64 Å². The maximum absolute atomic E-state index is 12.8. The number of phenolic OH excluding ortho intramolecular Hbond substituents is 1. The van der Waals surface area contributed by atoms with Crippen molar-refractivity contribution in [3.8, 4) is 11.5 Å². The summed E-state index contributed by atoms with van der Waals surface area (Å²) in [5.74, 6) is 0.686. The number of carbonyl (C=O) groups is 1. The number of aryl methyl sites for hydroxylation is 1. The maximum Gasteiger partial charge on any atom is 0.268 e. The summed E-state index contributed by atoms with van der Waals surface area (Å²) in [5.41, 5.74) is 2.97. The first-order chi connectivity index (χ1) is 11.1. The molecule has 1 atom stereocenters. The molecule has 1 aliphatic rings. The van der Waals surface area contributed by atoms with E-state index in [1.54, 1.807) is 23.1 Å². The molecule has 1 heterocycles. The van der Waals surface area contributed by atoms with Gasteiger partial charge < -0.3 is 14.7 Å². The van der Waals surface area contributed by atoms with Gasteiger partial charge in [0.2, 0.25) is 0 Å². The minimum absolute atomic E-state index is 0.0217. The second-order valence-corrected chi connectivity index (χ2v) is 5.94. The highest BCUT2D eigenvalue weighted by Gasteiger charge is 2.34. The lowest BCUT2D eigenvalue weighted by atomic mass is 10.0. The van der Waals surface area contributed by atoms with E-state index < -0.39 is 6.10 Å². The van der Waals surface area contributed by atoms with Crippen molar-refractivity contribution in [2.45, 2.75) is 32.8 Å². The minimum atomic E-state index is -0.558. The van der Waals surface area contributed by atoms with E-state index in [0.29, 0.717) is 18.7 Å². The SMILES string of the molecule is CCCN1C(=O)C(Cc2cccc(C)c2)Oc2cc(O)ccc21. The molecule has 23 heavy (non-hydrogen) atoms. The predicted octanol–water partition coefficient (Wildman–Crippen LogP) is 3.45. The molecule has 0 radical (unpaired) electrons. The Balaban J connectivity index is 1.91. The molecule has 2 aromatic carbocycles. The number of carbonyl (C=O) groups excluding carboxylic acids is 1. The molecule has 2 aromatic rings. The number of hydrogen-bond donors (Lipinski definition) is 1. The van der Waals surface area contributed by atoms with Crippen LogP contribution in [0.5, 0.6) is 11.5 Å². The Bertz CT molecular complexity index is 726. The summed E-state index contributed by atoms with van der Waals surface area (Å²) in [6, 6.07) is 13.0. The number of fused-ring (bicyclic) bond motifs is 1. The van der Waals surface area contributed by atoms with Gasteiger partial charge in [-0.2, -0.15) is 0 Å². The first-order valence-corrected chi connectivity index (χ1v) is 7.95. The Morgan fingerprint density at radius 2 is 2.04 bits per heavy atom. The number of amides is 1. The van der Waals surface area contributed by atoms with Crippen LogP contribution in [0.15, 0.2) is 42.5 Å². The van der Waals surface area contributed by atoms with Crippen LogP contribution in [0.25, 0.3) is 0 Å². The van der Waals surface area contributed by atoms with Gasteiger partial charge in [-0.1, -0.05) is 36.8 Å². The van der Waals surface area contributed by atoms with Crippen molar-refractivity contribution in [3.05, 3.63) is 53.6 Å². The lowest BCUT2D eigenvalue weighted by molar-refractivity contribution is -0.126. The van der Waals surface area contributed by atoms with E-state index in [-0.39, 0.29) is 11.7 Å². The van der Waals surface area contributed by atoms with Gasteiger partial charge in [0, 0.05) is 19.0 Å². The highest BCUT2D eigenvalue weighted by molar-refractivity contribution is 6.00. The van der Waals surface area contributed by atoms with Gasteiger partial charge in [-0.3, -0.25) is 4.79 Å². The lowest BCUT2D eigenvalue weighted by Gasteiger charge is -2.34. The van der Waals surface area contributed by atoms with Gasteiger partial charge in [0.25, 0.3) is 5.91 Å². The predicted molar refractivity (Wildman–Crippen MR) is 90.0 cm³/mol. The third-order valence-electron chi connectivity index (χ3n) is 4.00. The molecule has 0 aromatic heterocycles. The molecule has 0 aliphatic carbocycles. The molecule has 1 N–H and O–H groups in total. The molecule has 120 valence electrons. The summed E-state index contributed by atoms with van der Waals surface area (Å²) in [6.45, 7) is 4.71. The molecule has 1 aliphatic heterocycles. The Kier molecular flexibility index (Phi) is 4.24. The van der Waals surface area contributed by atoms with Crippen molar-refractivity contribution in [2.24, 2.45) is 0 Å². The summed E-state index contributed by atoms with van der Waals surface area (Å²) in [4.78, 5) is 14.6. The largest absolute Gasteiger partial charge is 0.508 e. The van der Waals surface area contributed by atoms with Crippen molar-refractivity contribution in [1.82, 2.24) is 0 Å². The number of ether oxygens (including phenoxy) is 1. The summed E-state index contributed by atoms with van der Waals surface area (Å²) in [6.07, 6.45) is 0.830. The van der Waals surface area contributed by atoms with Crippen LogP contribution in [0.4, 0.5) is 5.69 Å². The summed E-state index contributed by atoms with van der Waals surface area (Å²) in [7, 11) is 0. The number of anilines is 1. The molecular weight excluding hydrogens is 290 g/mol. The molecule has 0 saturated carbocycles. The van der Waals surface area contributed by atoms with E-state index in [2.05, 4.69) is 6.07 Å². The van der Waals surface area contributed by atoms with Gasteiger partial charge in [0.05, 0.1) is 5.69 Å². The van der Waals surface area contributed by atoms with Crippen LogP contribution in [0.1, 0.15) is 24.5 Å². The van der Waals surface area contributed by atoms with E-state index in [9.17, 15) is 9.90 Å². The quantitative estimate of drug-likeness (QED) is 0.941. The Labute approximate surface area is 136 Å². The molecule has 4 nitrogen and oxygen atoms in total. The maximum atomic E-state index is 12.8. The van der Waals surface area contributed by atoms with Gasteiger partial charge in [-0.05, 0) is 31.0 Å². The van der Waals surface area contributed by atoms with Crippen LogP contribution in [-0.2, 0) is 11.2 Å². The standard InChI is InChI=1S/C19H21NO3/c1-3-9-20-16-8-7-15(21)12-17(16)23-18(19(20)22)11-14-6-4-5-13(2)10-14/h4-8,10,12,18,21H,3,9,11H2,1-2H3. The number of hydrogen-bond acceptors (Lipinski definition) is 3. The molecule has 1 unspecified atom stereocenters. The molecule has 1 amide bonds. The topological polar surface area (TPSA) is 49.8 Å². The highest BCUT2D eigenvalue weighted by atomic mass is 16.5. The fourth-order valence-electron chi connectivity index (χ4n) is 2.95. The van der Waals surface area contributed by atoms with Crippen molar-refractivity contribution in [3.63, 3.8) is 0 Å². The number of benzene rings is 2. The molecule has 0 fully saturated rings. The molecule has 0 spiro atoms. The van der Waals surface area contributed by atoms with Crippen molar-refractivity contribution in [1.29, 1.82) is 0 Å². The molecular formula is C19H21NO3. The zero-order valence-electron chi connectivity index (χ0n) is 13.5. The van der Waals surface area contributed by atoms with E-state index in [0.717, 1.165) is 23.2 Å². The number of aromatic hydroxyl groups is 1. The van der Waals surface area contributed by atoms with Gasteiger partial charge in [0.1, 0.15) is 11.5 Å². The Hall–Kier alpha value is -2.49. The fourth-order valence-corrected chi connectivity index (χ4v) is 2.95. The van der Waals surface area contributed by atoms with E-state index in [1.165, 1.54) is 0 Å². The normalized spacial score (nSPS) is 16.9. The molecule has 0 saturated heterocycles. The second-order valence-electron chi connectivity index (χ2n) is 5.94. The molecule has 0 bridgehead atoms. The van der Waals surface area contributed by atoms with E-state index in [1.807, 2.05) is 32.0 Å². The number of rotatable bonds is 4. The number of nitrogens with zero attached hydrogens (tertiary/aromatic N) is 1. The third-order valence-corrected chi connectivity index (χ3v) is 4.00. The van der Waals surface area contributed by atoms with Gasteiger partial charge in [-0.25, -0.2) is 0 Å². The lowest BCUT2D eigenvalue weighted by Crippen LogP contribution is -2.47. The first kappa shape index (κ1) is 15.4. The summed E-state index contributed by atoms with van der Waals surface area (Å²) in [5, 5.41) is 9.70. The monoisotopic (exact) mass is 311 g/mol. The smallest absolute Gasteiger partial charge is 0.268 e. The van der Waals surface area contributed by atoms with E-state index >= 15 is 0 Å². The van der Waals surface area contributed by atoms with Crippen molar-refractivity contribution >= 4 is 11.6 Å². The van der Waals surface area contributed by atoms with Crippen LogP contribution in [0.3, 0.4) is 0 Å². The van der Waals surface area contributed by atoms with Crippen LogP contribution in [0, 0.1) is 6.92 Å². The van der Waals surface area contributed by atoms with Crippen molar-refractivity contribution in [2.75, 3.05) is 11.4 Å². The summed E-state index contributed by atoms with van der Waals surface area (Å²) >= 11 is 0. The zero-order chi connectivity index (χ0) is 16.4. The van der Waals surface area contributed by atoms with Crippen LogP contribution in [0.2, 0.25) is 0 Å². The molecule has 4 heteroatoms. The Morgan fingerprint density at radius 3 is 2.78 bits per heavy atom. The minimum Gasteiger partial charge on any atom is -0.508 e. The van der Waals surface area contributed by atoms with Crippen molar-refractivity contribution < 1.29 is 14.6 Å². The molecule has 3 rings (SSSR count). The van der Waals surface area contributed by atoms with Gasteiger partial charge in [-0.15, -0.1) is 0 Å². The average Bonchev–Trinajstić information content (AvgIpc) is 2.51. The Morgan fingerprint density at radius 1 is 1.22 bits per heavy atom. The average molecular weight is 311 g/mol. The first-order valence-electron chi connectivity index (χ1n) is 7.95. The van der Waals surface area contributed by atoms with Crippen LogP contribution >= 0.6 is 0 Å².